The van der Waals surface area contributed by atoms with Crippen molar-refractivity contribution in [1.82, 2.24) is 25.1 Å². The maximum absolute atomic E-state index is 13.3. The first-order valence-corrected chi connectivity index (χ1v) is 12.3. The molecule has 2 saturated heterocycles. The number of carbonyl (C=O) groups excluding carboxylic acids is 1. The summed E-state index contributed by atoms with van der Waals surface area (Å²) >= 11 is 0. The number of anilines is 2. The zero-order valence-corrected chi connectivity index (χ0v) is 20.9. The molecule has 2 aromatic heterocycles. The van der Waals surface area contributed by atoms with E-state index < -0.39 is 29.0 Å². The van der Waals surface area contributed by atoms with Gasteiger partial charge in [0.2, 0.25) is 11.9 Å². The number of nitrogens with zero attached hydrogens (tertiary/aromatic N) is 6. The summed E-state index contributed by atoms with van der Waals surface area (Å²) in [6, 6.07) is 0.372. The minimum absolute atomic E-state index is 0.0493. The summed E-state index contributed by atoms with van der Waals surface area (Å²) in [6.45, 7) is 3.77. The van der Waals surface area contributed by atoms with Crippen LogP contribution in [0.3, 0.4) is 0 Å². The third kappa shape index (κ3) is 6.78. The van der Waals surface area contributed by atoms with Crippen molar-refractivity contribution in [1.29, 1.82) is 0 Å². The monoisotopic (exact) mass is 563 g/mol. The molecule has 0 spiro atoms. The maximum atomic E-state index is 13.3. The second-order valence-corrected chi connectivity index (χ2v) is 9.26. The first-order chi connectivity index (χ1) is 18.4. The van der Waals surface area contributed by atoms with Crippen LogP contribution in [0.1, 0.15) is 37.3 Å². The largest absolute Gasteiger partial charge is 0.421 e. The molecule has 2 fully saturated rings. The van der Waals surface area contributed by atoms with Gasteiger partial charge in [-0.2, -0.15) is 31.4 Å². The van der Waals surface area contributed by atoms with Gasteiger partial charge in [0.05, 0.1) is 11.7 Å². The Morgan fingerprint density at radius 1 is 1.08 bits per heavy atom. The molecule has 4 heterocycles. The van der Waals surface area contributed by atoms with Crippen molar-refractivity contribution in [2.75, 3.05) is 49.1 Å². The van der Waals surface area contributed by atoms with Gasteiger partial charge in [0.1, 0.15) is 11.4 Å². The summed E-state index contributed by atoms with van der Waals surface area (Å²) in [5.74, 6) is -0.0646. The molecule has 2 atom stereocenters. The Morgan fingerprint density at radius 3 is 2.33 bits per heavy atom. The van der Waals surface area contributed by atoms with Crippen LogP contribution in [-0.4, -0.2) is 82.4 Å². The number of amides is 1. The van der Waals surface area contributed by atoms with Crippen molar-refractivity contribution < 1.29 is 35.9 Å². The van der Waals surface area contributed by atoms with E-state index in [-0.39, 0.29) is 42.8 Å². The van der Waals surface area contributed by atoms with E-state index in [0.29, 0.717) is 51.7 Å². The summed E-state index contributed by atoms with van der Waals surface area (Å²) < 4.78 is 83.7. The molecule has 0 saturated carbocycles. The Morgan fingerprint density at radius 2 is 1.74 bits per heavy atom. The van der Waals surface area contributed by atoms with Gasteiger partial charge in [0.25, 0.3) is 5.56 Å². The van der Waals surface area contributed by atoms with Crippen LogP contribution in [0.5, 0.6) is 0 Å². The Kier molecular flexibility index (Phi) is 8.32. The number of nitrogens with one attached hydrogen (secondary N) is 1. The van der Waals surface area contributed by atoms with Crippen LogP contribution >= 0.6 is 0 Å². The lowest BCUT2D eigenvalue weighted by Crippen LogP contribution is -2.49. The number of ether oxygens (including phenoxy) is 1. The van der Waals surface area contributed by atoms with Crippen LogP contribution < -0.4 is 15.4 Å². The van der Waals surface area contributed by atoms with Crippen molar-refractivity contribution in [3.63, 3.8) is 0 Å². The van der Waals surface area contributed by atoms with Gasteiger partial charge in [0.15, 0.2) is 0 Å². The van der Waals surface area contributed by atoms with Crippen LogP contribution in [0.25, 0.3) is 0 Å². The van der Waals surface area contributed by atoms with Crippen LogP contribution in [-0.2, 0) is 21.9 Å². The number of H-pyrrole nitrogens is 1. The number of hydrogen-bond acceptors (Lipinski definition) is 8. The molecular formula is C23H27F6N7O3. The minimum atomic E-state index is -4.84. The van der Waals surface area contributed by atoms with E-state index in [1.54, 1.807) is 21.6 Å². The topological polar surface area (TPSA) is 108 Å². The van der Waals surface area contributed by atoms with Crippen LogP contribution in [0.2, 0.25) is 0 Å². The number of halogens is 6. The fraction of sp³-hybridized carbons (Fsp3) is 0.609. The highest BCUT2D eigenvalue weighted by molar-refractivity contribution is 5.76. The molecule has 214 valence electrons. The third-order valence-electron chi connectivity index (χ3n) is 6.74. The molecule has 4 rings (SSSR count). The molecule has 2 aliphatic rings. The number of rotatable bonds is 7. The Labute approximate surface area is 219 Å². The lowest BCUT2D eigenvalue weighted by atomic mass is 10.1. The van der Waals surface area contributed by atoms with E-state index in [2.05, 4.69) is 15.1 Å². The molecule has 10 nitrogen and oxygen atoms in total. The van der Waals surface area contributed by atoms with Crippen molar-refractivity contribution in [3.8, 4) is 0 Å². The van der Waals surface area contributed by atoms with Crippen molar-refractivity contribution in [3.05, 3.63) is 39.9 Å². The predicted molar refractivity (Wildman–Crippen MR) is 126 cm³/mol. The zero-order chi connectivity index (χ0) is 28.4. The average molecular weight is 564 g/mol. The van der Waals surface area contributed by atoms with Gasteiger partial charge in [-0.15, -0.1) is 0 Å². The zero-order valence-electron chi connectivity index (χ0n) is 20.9. The van der Waals surface area contributed by atoms with Gasteiger partial charge >= 0.3 is 12.4 Å². The number of hydrogen-bond donors (Lipinski definition) is 1. The highest BCUT2D eigenvalue weighted by Gasteiger charge is 2.38. The van der Waals surface area contributed by atoms with E-state index in [4.69, 9.17) is 4.74 Å². The SMILES string of the molecule is CCO[C@H]1C[C@@H](CCC(=O)N2CCN(c3ncc(C(F)(F)F)cn3)CC2)N(c2cc(C(F)(F)F)c(=O)[nH]n2)C1. The second-order valence-electron chi connectivity index (χ2n) is 9.26. The van der Waals surface area contributed by atoms with Gasteiger partial charge in [-0.1, -0.05) is 0 Å². The smallest absolute Gasteiger partial charge is 0.377 e. The molecule has 0 radical (unpaired) electrons. The number of piperazine rings is 1. The van der Waals surface area contributed by atoms with Gasteiger partial charge in [-0.3, -0.25) is 9.59 Å². The molecule has 1 amide bonds. The van der Waals surface area contributed by atoms with Crippen LogP contribution in [0, 0.1) is 0 Å². The standard InChI is InChI=1S/C23H27F6N7O3/c1-2-39-16-9-15(36(13-16)18-10-17(23(27,28)29)20(38)33-32-18)3-4-19(37)34-5-7-35(8-6-34)21-30-11-14(12-31-21)22(24,25)26/h10-12,15-16H,2-9,13H2,1H3,(H,33,38)/t15-,16+/m1/s1. The fourth-order valence-electron chi connectivity index (χ4n) is 4.77. The van der Waals surface area contributed by atoms with Crippen molar-refractivity contribution >= 4 is 17.7 Å². The highest BCUT2D eigenvalue weighted by atomic mass is 19.4. The Hall–Kier alpha value is -3.43. The van der Waals surface area contributed by atoms with Crippen molar-refractivity contribution in [2.45, 2.75) is 50.7 Å². The van der Waals surface area contributed by atoms with Crippen LogP contribution in [0.15, 0.2) is 23.3 Å². The van der Waals surface area contributed by atoms with E-state index >= 15 is 0 Å². The minimum Gasteiger partial charge on any atom is -0.377 e. The molecule has 0 unspecified atom stereocenters. The van der Waals surface area contributed by atoms with E-state index in [1.807, 2.05) is 5.10 Å². The van der Waals surface area contributed by atoms with Gasteiger partial charge in [-0.25, -0.2) is 15.1 Å². The molecule has 0 bridgehead atoms. The lowest BCUT2D eigenvalue weighted by Gasteiger charge is -2.35. The number of aromatic nitrogens is 4. The number of aromatic amines is 1. The Balaban J connectivity index is 1.36. The number of carbonyl (C=O) groups is 1. The van der Waals surface area contributed by atoms with Crippen molar-refractivity contribution in [2.24, 2.45) is 0 Å². The third-order valence-corrected chi connectivity index (χ3v) is 6.74. The van der Waals surface area contributed by atoms with E-state index in [0.717, 1.165) is 12.4 Å². The molecule has 16 heteroatoms. The predicted octanol–water partition coefficient (Wildman–Crippen LogP) is 2.71. The van der Waals surface area contributed by atoms with Gasteiger partial charge in [-0.05, 0) is 19.8 Å². The van der Waals surface area contributed by atoms with Crippen LogP contribution in [0.4, 0.5) is 38.1 Å². The molecule has 39 heavy (non-hydrogen) atoms. The highest BCUT2D eigenvalue weighted by Crippen LogP contribution is 2.32. The van der Waals surface area contributed by atoms with E-state index in [9.17, 15) is 35.9 Å². The molecule has 1 N–H and O–H groups in total. The molecule has 0 aromatic carbocycles. The molecule has 2 aromatic rings. The normalized spacial score (nSPS) is 20.5. The fourth-order valence-corrected chi connectivity index (χ4v) is 4.77. The first kappa shape index (κ1) is 28.6. The molecule has 2 aliphatic heterocycles. The van der Waals surface area contributed by atoms with Gasteiger partial charge in [0, 0.05) is 70.3 Å². The first-order valence-electron chi connectivity index (χ1n) is 12.3. The average Bonchev–Trinajstić information content (AvgIpc) is 3.29. The van der Waals surface area contributed by atoms with E-state index in [1.165, 1.54) is 0 Å². The Bertz CT molecular complexity index is 1200. The van der Waals surface area contributed by atoms with Gasteiger partial charge < -0.3 is 19.4 Å². The second kappa shape index (κ2) is 11.4. The molecular weight excluding hydrogens is 536 g/mol. The summed E-state index contributed by atoms with van der Waals surface area (Å²) in [4.78, 5) is 37.1. The summed E-state index contributed by atoms with van der Waals surface area (Å²) in [5, 5.41) is 5.72. The number of alkyl halides is 6. The lowest BCUT2D eigenvalue weighted by molar-refractivity contribution is -0.139. The summed E-state index contributed by atoms with van der Waals surface area (Å²) in [6.07, 6.45) is -7.29. The quantitative estimate of drug-likeness (QED) is 0.513. The summed E-state index contributed by atoms with van der Waals surface area (Å²) in [5.41, 5.74) is -3.63. The molecule has 0 aliphatic carbocycles. The maximum Gasteiger partial charge on any atom is 0.421 e. The summed E-state index contributed by atoms with van der Waals surface area (Å²) in [7, 11) is 0.